The van der Waals surface area contributed by atoms with Crippen LogP contribution in [0.2, 0.25) is 0 Å². The molecule has 2 N–H and O–H groups in total. The largest absolute Gasteiger partial charge is 0.573 e. The van der Waals surface area contributed by atoms with E-state index in [4.69, 9.17) is 5.73 Å². The Kier molecular flexibility index (Phi) is 2.41. The number of aliphatic imine (C=N–C) groups is 1. The summed E-state index contributed by atoms with van der Waals surface area (Å²) < 4.78 is 39.5. The maximum atomic E-state index is 11.9. The molecule has 2 aliphatic rings. The lowest BCUT2D eigenvalue weighted by molar-refractivity contribution is -0.303. The second-order valence-corrected chi connectivity index (χ2v) is 4.21. The van der Waals surface area contributed by atoms with E-state index in [0.717, 1.165) is 0 Å². The molecular formula is C8H7F3N2OS. The van der Waals surface area contributed by atoms with Crippen LogP contribution in [0.4, 0.5) is 13.2 Å². The van der Waals surface area contributed by atoms with E-state index in [-0.39, 0.29) is 17.1 Å². The molecule has 0 saturated carbocycles. The number of rotatable bonds is 1. The number of nitrogens with two attached hydrogens (primary N) is 1. The van der Waals surface area contributed by atoms with Crippen LogP contribution >= 0.6 is 11.8 Å². The van der Waals surface area contributed by atoms with E-state index in [9.17, 15) is 13.2 Å². The molecule has 7 heteroatoms. The number of hydrogen-bond donors (Lipinski definition) is 1. The third-order valence-corrected chi connectivity index (χ3v) is 2.92. The first-order chi connectivity index (χ1) is 6.94. The number of amidine groups is 1. The van der Waals surface area contributed by atoms with Gasteiger partial charge in [0.15, 0.2) is 5.17 Å². The van der Waals surface area contributed by atoms with Crippen LogP contribution in [0.1, 0.15) is 0 Å². The minimum Gasteiger partial charge on any atom is -0.406 e. The molecule has 3 nitrogen and oxygen atoms in total. The number of alkyl halides is 3. The number of hydrogen-bond acceptors (Lipinski definition) is 4. The van der Waals surface area contributed by atoms with Gasteiger partial charge in [0.1, 0.15) is 5.76 Å². The molecule has 0 fully saturated rings. The number of thioether (sulfide) groups is 1. The molecule has 1 heterocycles. The van der Waals surface area contributed by atoms with Crippen LogP contribution in [0, 0.1) is 0 Å². The standard InChI is InChI=1S/C8H7F3N2OS/c9-8(10,11)14-4-1-2-5-6(3-4)15-7(12)13-5/h1-3,5-6H,(H2,12,13). The quantitative estimate of drug-likeness (QED) is 0.754. The van der Waals surface area contributed by atoms with E-state index in [2.05, 4.69) is 9.73 Å². The maximum absolute atomic E-state index is 11.9. The third kappa shape index (κ3) is 2.47. The lowest BCUT2D eigenvalue weighted by Gasteiger charge is -2.17. The van der Waals surface area contributed by atoms with Gasteiger partial charge < -0.3 is 10.5 Å². The van der Waals surface area contributed by atoms with Crippen LogP contribution in [0.3, 0.4) is 0 Å². The molecule has 0 radical (unpaired) electrons. The fourth-order valence-electron chi connectivity index (χ4n) is 1.36. The maximum Gasteiger partial charge on any atom is 0.573 e. The van der Waals surface area contributed by atoms with Gasteiger partial charge in [0.25, 0.3) is 0 Å². The molecule has 0 saturated heterocycles. The van der Waals surface area contributed by atoms with Gasteiger partial charge in [0.05, 0.1) is 11.3 Å². The highest BCUT2D eigenvalue weighted by Gasteiger charge is 2.34. The van der Waals surface area contributed by atoms with E-state index >= 15 is 0 Å². The molecule has 2 unspecified atom stereocenters. The first-order valence-electron chi connectivity index (χ1n) is 4.10. The molecule has 0 aromatic carbocycles. The Labute approximate surface area is 87.9 Å². The van der Waals surface area contributed by atoms with Crippen molar-refractivity contribution in [1.29, 1.82) is 0 Å². The van der Waals surface area contributed by atoms with Gasteiger partial charge in [-0.25, -0.2) is 0 Å². The van der Waals surface area contributed by atoms with E-state index < -0.39 is 6.36 Å². The number of fused-ring (bicyclic) bond motifs is 1. The molecular weight excluding hydrogens is 229 g/mol. The van der Waals surface area contributed by atoms with Gasteiger partial charge in [-0.1, -0.05) is 17.8 Å². The van der Waals surface area contributed by atoms with Crippen molar-refractivity contribution in [2.24, 2.45) is 10.7 Å². The van der Waals surface area contributed by atoms with E-state index in [1.54, 1.807) is 6.08 Å². The summed E-state index contributed by atoms with van der Waals surface area (Å²) in [6, 6.07) is -0.171. The van der Waals surface area contributed by atoms with Gasteiger partial charge >= 0.3 is 6.36 Å². The van der Waals surface area contributed by atoms with Crippen molar-refractivity contribution in [3.8, 4) is 0 Å². The summed E-state index contributed by atoms with van der Waals surface area (Å²) in [6.07, 6.45) is -0.458. The Bertz CT molecular complexity index is 361. The molecule has 1 aliphatic heterocycles. The van der Waals surface area contributed by atoms with Crippen LogP contribution < -0.4 is 5.73 Å². The number of halogens is 3. The zero-order chi connectivity index (χ0) is 11.1. The molecule has 0 aromatic heterocycles. The Hall–Kier alpha value is -1.11. The fraction of sp³-hybridized carbons (Fsp3) is 0.375. The van der Waals surface area contributed by atoms with Crippen molar-refractivity contribution >= 4 is 16.9 Å². The zero-order valence-electron chi connectivity index (χ0n) is 7.36. The predicted octanol–water partition coefficient (Wildman–Crippen LogP) is 1.78. The molecule has 82 valence electrons. The van der Waals surface area contributed by atoms with Crippen LogP contribution in [0.15, 0.2) is 29.0 Å². The van der Waals surface area contributed by atoms with Crippen LogP contribution in [0.5, 0.6) is 0 Å². The number of nitrogens with zero attached hydrogens (tertiary/aromatic N) is 1. The van der Waals surface area contributed by atoms with Gasteiger partial charge in [-0.05, 0) is 12.2 Å². The van der Waals surface area contributed by atoms with Gasteiger partial charge in [0, 0.05) is 0 Å². The average molecular weight is 236 g/mol. The summed E-state index contributed by atoms with van der Waals surface area (Å²) >= 11 is 1.23. The van der Waals surface area contributed by atoms with Crippen molar-refractivity contribution in [1.82, 2.24) is 0 Å². The average Bonchev–Trinajstić information content (AvgIpc) is 2.40. The highest BCUT2D eigenvalue weighted by Crippen LogP contribution is 2.33. The normalized spacial score (nSPS) is 29.5. The van der Waals surface area contributed by atoms with E-state index in [1.165, 1.54) is 23.9 Å². The summed E-state index contributed by atoms with van der Waals surface area (Å²) in [5, 5.41) is 0.200. The summed E-state index contributed by atoms with van der Waals surface area (Å²) in [5.41, 5.74) is 5.45. The molecule has 15 heavy (non-hydrogen) atoms. The Morgan fingerprint density at radius 1 is 1.47 bits per heavy atom. The molecule has 0 amide bonds. The van der Waals surface area contributed by atoms with Crippen molar-refractivity contribution in [2.75, 3.05) is 0 Å². The second-order valence-electron chi connectivity index (χ2n) is 3.02. The van der Waals surface area contributed by atoms with Crippen molar-refractivity contribution in [3.63, 3.8) is 0 Å². The first kappa shape index (κ1) is 10.4. The summed E-state index contributed by atoms with van der Waals surface area (Å²) in [4.78, 5) is 4.03. The number of allylic oxidation sites excluding steroid dienone is 1. The second kappa shape index (κ2) is 3.48. The van der Waals surface area contributed by atoms with Crippen LogP contribution in [-0.4, -0.2) is 22.8 Å². The summed E-state index contributed by atoms with van der Waals surface area (Å²) in [6.45, 7) is 0. The topological polar surface area (TPSA) is 47.6 Å². The SMILES string of the molecule is NC1=NC2C=CC(OC(F)(F)F)=CC2S1. The van der Waals surface area contributed by atoms with Crippen molar-refractivity contribution < 1.29 is 17.9 Å². The highest BCUT2D eigenvalue weighted by atomic mass is 32.2. The molecule has 0 bridgehead atoms. The predicted molar refractivity (Wildman–Crippen MR) is 51.2 cm³/mol. The summed E-state index contributed by atoms with van der Waals surface area (Å²) in [7, 11) is 0. The van der Waals surface area contributed by atoms with E-state index in [1.807, 2.05) is 0 Å². The number of ether oxygens (including phenoxy) is 1. The van der Waals surface area contributed by atoms with Crippen LogP contribution in [0.25, 0.3) is 0 Å². The monoisotopic (exact) mass is 236 g/mol. The fourth-order valence-corrected chi connectivity index (χ4v) is 2.31. The molecule has 1 aliphatic carbocycles. The summed E-state index contributed by atoms with van der Waals surface area (Å²) in [5.74, 6) is -0.207. The molecule has 2 atom stereocenters. The Morgan fingerprint density at radius 2 is 2.20 bits per heavy atom. The minimum absolute atomic E-state index is 0.171. The molecule has 2 rings (SSSR count). The van der Waals surface area contributed by atoms with Gasteiger partial charge in [-0.15, -0.1) is 13.2 Å². The van der Waals surface area contributed by atoms with Crippen molar-refractivity contribution in [2.45, 2.75) is 17.7 Å². The first-order valence-corrected chi connectivity index (χ1v) is 4.98. The highest BCUT2D eigenvalue weighted by molar-refractivity contribution is 8.14. The Balaban J connectivity index is 2.08. The van der Waals surface area contributed by atoms with Gasteiger partial charge in [-0.3, -0.25) is 4.99 Å². The smallest absolute Gasteiger partial charge is 0.406 e. The van der Waals surface area contributed by atoms with Gasteiger partial charge in [0.2, 0.25) is 0 Å². The molecule has 0 aromatic rings. The van der Waals surface area contributed by atoms with Crippen molar-refractivity contribution in [3.05, 3.63) is 24.0 Å². The lowest BCUT2D eigenvalue weighted by Crippen LogP contribution is -2.20. The van der Waals surface area contributed by atoms with Gasteiger partial charge in [-0.2, -0.15) is 0 Å². The third-order valence-electron chi connectivity index (χ3n) is 1.89. The Morgan fingerprint density at radius 3 is 2.87 bits per heavy atom. The lowest BCUT2D eigenvalue weighted by atomic mass is 10.1. The van der Waals surface area contributed by atoms with E-state index in [0.29, 0.717) is 5.17 Å². The van der Waals surface area contributed by atoms with Crippen LogP contribution in [-0.2, 0) is 4.74 Å². The zero-order valence-corrected chi connectivity index (χ0v) is 8.18. The molecule has 0 spiro atoms. The minimum atomic E-state index is -4.65.